The van der Waals surface area contributed by atoms with Gasteiger partial charge in [0.1, 0.15) is 17.2 Å². The topological polar surface area (TPSA) is 41.6 Å². The molecule has 1 rings (SSSR count). The van der Waals surface area contributed by atoms with Crippen molar-refractivity contribution in [1.29, 1.82) is 0 Å². The Morgan fingerprint density at radius 3 is 2.57 bits per heavy atom. The lowest BCUT2D eigenvalue weighted by molar-refractivity contribution is -0.151. The zero-order valence-corrected chi connectivity index (χ0v) is 12.9. The van der Waals surface area contributed by atoms with E-state index in [2.05, 4.69) is 5.32 Å². The van der Waals surface area contributed by atoms with Gasteiger partial charge in [-0.1, -0.05) is 6.07 Å². The maximum Gasteiger partial charge on any atom is 0.330 e. The van der Waals surface area contributed by atoms with Crippen LogP contribution in [-0.4, -0.2) is 44.7 Å². The third-order valence-corrected chi connectivity index (χ3v) is 3.19. The summed E-state index contributed by atoms with van der Waals surface area (Å²) in [6.07, 6.45) is 0. The third-order valence-electron chi connectivity index (χ3n) is 3.19. The van der Waals surface area contributed by atoms with Gasteiger partial charge in [-0.25, -0.2) is 13.6 Å². The molecule has 1 aromatic carbocycles. The van der Waals surface area contributed by atoms with Gasteiger partial charge in [-0.2, -0.15) is 0 Å². The number of hydrogen-bond donors (Lipinski definition) is 1. The first-order valence-electron chi connectivity index (χ1n) is 6.83. The van der Waals surface area contributed by atoms with Crippen molar-refractivity contribution in [1.82, 2.24) is 10.2 Å². The molecule has 0 bridgehead atoms. The van der Waals surface area contributed by atoms with Crippen molar-refractivity contribution in [3.05, 3.63) is 35.4 Å². The maximum atomic E-state index is 14.0. The summed E-state index contributed by atoms with van der Waals surface area (Å²) >= 11 is 0. The zero-order valence-electron chi connectivity index (χ0n) is 12.9. The summed E-state index contributed by atoms with van der Waals surface area (Å²) < 4.78 is 32.1. The van der Waals surface area contributed by atoms with Crippen LogP contribution in [0.25, 0.3) is 0 Å². The number of carbonyl (C=O) groups excluding carboxylic acids is 1. The lowest BCUT2D eigenvalue weighted by atomic mass is 9.91. The number of ether oxygens (including phenoxy) is 1. The van der Waals surface area contributed by atoms with Crippen LogP contribution in [0.3, 0.4) is 0 Å². The van der Waals surface area contributed by atoms with Crippen molar-refractivity contribution >= 4 is 5.97 Å². The van der Waals surface area contributed by atoms with Crippen LogP contribution in [-0.2, 0) is 15.1 Å². The highest BCUT2D eigenvalue weighted by Crippen LogP contribution is 2.26. The molecule has 118 valence electrons. The van der Waals surface area contributed by atoms with Gasteiger partial charge < -0.3 is 9.64 Å². The quantitative estimate of drug-likeness (QED) is 0.781. The molecule has 0 aliphatic heterocycles. The number of rotatable bonds is 7. The molecular weight excluding hydrogens is 278 g/mol. The van der Waals surface area contributed by atoms with Gasteiger partial charge in [0.25, 0.3) is 0 Å². The second-order valence-corrected chi connectivity index (χ2v) is 5.20. The van der Waals surface area contributed by atoms with Crippen LogP contribution in [0.2, 0.25) is 0 Å². The molecule has 0 aliphatic carbocycles. The highest BCUT2D eigenvalue weighted by atomic mass is 19.1. The Hall–Kier alpha value is -1.53. The lowest BCUT2D eigenvalue weighted by Crippen LogP contribution is -2.50. The van der Waals surface area contributed by atoms with Crippen LogP contribution >= 0.6 is 0 Å². The fourth-order valence-corrected chi connectivity index (χ4v) is 1.98. The summed E-state index contributed by atoms with van der Waals surface area (Å²) in [6.45, 7) is 4.53. The molecule has 0 radical (unpaired) electrons. The number of hydrogen-bond acceptors (Lipinski definition) is 4. The first kappa shape index (κ1) is 17.5. The SMILES string of the molecule is CCOC(=O)C(C)(NCCN(C)C)c1ccc(F)cc1F. The van der Waals surface area contributed by atoms with Crippen LogP contribution in [0.15, 0.2) is 18.2 Å². The average Bonchev–Trinajstić information content (AvgIpc) is 2.38. The van der Waals surface area contributed by atoms with Gasteiger partial charge in [0, 0.05) is 24.7 Å². The summed E-state index contributed by atoms with van der Waals surface area (Å²) in [5, 5.41) is 3.01. The lowest BCUT2D eigenvalue weighted by Gasteiger charge is -2.30. The van der Waals surface area contributed by atoms with Gasteiger partial charge in [-0.3, -0.25) is 5.32 Å². The predicted octanol–water partition coefficient (Wildman–Crippen LogP) is 1.89. The van der Waals surface area contributed by atoms with E-state index in [0.717, 1.165) is 12.1 Å². The van der Waals surface area contributed by atoms with Gasteiger partial charge in [-0.05, 0) is 34.0 Å². The minimum absolute atomic E-state index is 0.0705. The standard InChI is InChI=1S/C15H22F2N2O2/c1-5-21-14(20)15(2,18-8-9-19(3)4)12-7-6-11(16)10-13(12)17/h6-7,10,18H,5,8-9H2,1-4H3. The first-order chi connectivity index (χ1) is 9.81. The van der Waals surface area contributed by atoms with Crippen LogP contribution in [0.5, 0.6) is 0 Å². The van der Waals surface area contributed by atoms with E-state index < -0.39 is 23.1 Å². The van der Waals surface area contributed by atoms with Crippen LogP contribution in [0, 0.1) is 11.6 Å². The van der Waals surface area contributed by atoms with Crippen molar-refractivity contribution < 1.29 is 18.3 Å². The van der Waals surface area contributed by atoms with Gasteiger partial charge in [-0.15, -0.1) is 0 Å². The summed E-state index contributed by atoms with van der Waals surface area (Å²) in [5.41, 5.74) is -1.29. The number of nitrogens with zero attached hydrogens (tertiary/aromatic N) is 1. The zero-order chi connectivity index (χ0) is 16.0. The number of likely N-dealkylation sites (N-methyl/N-ethyl adjacent to an activating group) is 1. The molecule has 21 heavy (non-hydrogen) atoms. The molecule has 0 saturated heterocycles. The van der Waals surface area contributed by atoms with Crippen molar-refractivity contribution in [2.45, 2.75) is 19.4 Å². The minimum Gasteiger partial charge on any atom is -0.464 e. The molecule has 1 N–H and O–H groups in total. The monoisotopic (exact) mass is 300 g/mol. The van der Waals surface area contributed by atoms with Crippen molar-refractivity contribution in [2.24, 2.45) is 0 Å². The van der Waals surface area contributed by atoms with Crippen LogP contribution < -0.4 is 5.32 Å². The van der Waals surface area contributed by atoms with E-state index in [1.165, 1.54) is 13.0 Å². The molecule has 0 fully saturated rings. The Labute approximate surface area is 124 Å². The normalized spacial score (nSPS) is 14.0. The summed E-state index contributed by atoms with van der Waals surface area (Å²) in [6, 6.07) is 3.16. The number of carbonyl (C=O) groups is 1. The van der Waals surface area contributed by atoms with Crippen molar-refractivity contribution in [3.8, 4) is 0 Å². The Bertz CT molecular complexity index is 495. The van der Waals surface area contributed by atoms with E-state index in [-0.39, 0.29) is 12.2 Å². The van der Waals surface area contributed by atoms with Crippen molar-refractivity contribution in [2.75, 3.05) is 33.8 Å². The van der Waals surface area contributed by atoms with E-state index in [9.17, 15) is 13.6 Å². The van der Waals surface area contributed by atoms with Crippen LogP contribution in [0.1, 0.15) is 19.4 Å². The highest BCUT2D eigenvalue weighted by Gasteiger charge is 2.38. The Morgan fingerprint density at radius 1 is 1.38 bits per heavy atom. The van der Waals surface area contributed by atoms with E-state index in [1.807, 2.05) is 19.0 Å². The third kappa shape index (κ3) is 4.47. The largest absolute Gasteiger partial charge is 0.464 e. The minimum atomic E-state index is -1.36. The van der Waals surface area contributed by atoms with E-state index in [0.29, 0.717) is 13.1 Å². The van der Waals surface area contributed by atoms with Gasteiger partial charge in [0.05, 0.1) is 6.61 Å². The van der Waals surface area contributed by atoms with E-state index in [1.54, 1.807) is 6.92 Å². The van der Waals surface area contributed by atoms with Gasteiger partial charge in [0.2, 0.25) is 0 Å². The first-order valence-corrected chi connectivity index (χ1v) is 6.83. The predicted molar refractivity (Wildman–Crippen MR) is 76.9 cm³/mol. The molecule has 0 saturated carbocycles. The number of nitrogens with one attached hydrogen (secondary N) is 1. The Balaban J connectivity index is 3.08. The fraction of sp³-hybridized carbons (Fsp3) is 0.533. The van der Waals surface area contributed by atoms with Gasteiger partial charge in [0.15, 0.2) is 0 Å². The molecule has 1 atom stereocenters. The summed E-state index contributed by atoms with van der Waals surface area (Å²) in [7, 11) is 3.78. The second kappa shape index (κ2) is 7.47. The smallest absolute Gasteiger partial charge is 0.330 e. The molecule has 0 heterocycles. The molecule has 6 heteroatoms. The molecule has 0 aromatic heterocycles. The van der Waals surface area contributed by atoms with Crippen molar-refractivity contribution in [3.63, 3.8) is 0 Å². The molecule has 1 unspecified atom stereocenters. The molecular formula is C15H22F2N2O2. The van der Waals surface area contributed by atoms with E-state index >= 15 is 0 Å². The Kier molecular flexibility index (Phi) is 6.23. The molecule has 0 spiro atoms. The number of halogens is 2. The fourth-order valence-electron chi connectivity index (χ4n) is 1.98. The molecule has 4 nitrogen and oxygen atoms in total. The molecule has 0 amide bonds. The summed E-state index contributed by atoms with van der Waals surface area (Å²) in [5.74, 6) is -2.05. The maximum absolute atomic E-state index is 14.0. The number of benzene rings is 1. The molecule has 0 aliphatic rings. The van der Waals surface area contributed by atoms with Crippen LogP contribution in [0.4, 0.5) is 8.78 Å². The van der Waals surface area contributed by atoms with E-state index in [4.69, 9.17) is 4.74 Å². The summed E-state index contributed by atoms with van der Waals surface area (Å²) in [4.78, 5) is 14.1. The molecule has 1 aromatic rings. The average molecular weight is 300 g/mol. The Morgan fingerprint density at radius 2 is 2.05 bits per heavy atom. The number of esters is 1. The highest BCUT2D eigenvalue weighted by molar-refractivity contribution is 5.82. The van der Waals surface area contributed by atoms with Gasteiger partial charge >= 0.3 is 5.97 Å². The second-order valence-electron chi connectivity index (χ2n) is 5.20.